The Kier molecular flexibility index (Phi) is 4.89. The molecule has 0 aliphatic carbocycles. The van der Waals surface area contributed by atoms with Crippen molar-refractivity contribution in [2.45, 2.75) is 19.9 Å². The fraction of sp³-hybridized carbons (Fsp3) is 0.190. The van der Waals surface area contributed by atoms with Crippen LogP contribution in [0.15, 0.2) is 54.6 Å². The lowest BCUT2D eigenvalue weighted by Gasteiger charge is -2.11. The molecule has 0 fully saturated rings. The van der Waals surface area contributed by atoms with Crippen molar-refractivity contribution in [1.82, 2.24) is 19.6 Å². The fourth-order valence-electron chi connectivity index (χ4n) is 3.09. The molecule has 0 saturated carbocycles. The van der Waals surface area contributed by atoms with Gasteiger partial charge >= 0.3 is 0 Å². The summed E-state index contributed by atoms with van der Waals surface area (Å²) in [7, 11) is 1.66. The molecular weight excluding hydrogens is 357 g/mol. The van der Waals surface area contributed by atoms with E-state index >= 15 is 0 Å². The molecule has 2 heterocycles. The van der Waals surface area contributed by atoms with Crippen molar-refractivity contribution in [2.75, 3.05) is 12.4 Å². The van der Waals surface area contributed by atoms with Crippen LogP contribution in [0.5, 0.6) is 5.75 Å². The maximum atomic E-state index is 13.4. The molecular formula is C21H20FN5O. The first-order valence-electron chi connectivity index (χ1n) is 8.96. The highest BCUT2D eigenvalue weighted by Gasteiger charge is 2.11. The van der Waals surface area contributed by atoms with E-state index in [2.05, 4.69) is 20.4 Å². The molecule has 0 aliphatic rings. The van der Waals surface area contributed by atoms with E-state index in [0.717, 1.165) is 28.4 Å². The van der Waals surface area contributed by atoms with Crippen molar-refractivity contribution < 1.29 is 9.13 Å². The minimum atomic E-state index is -0.269. The number of halogens is 1. The first-order valence-corrected chi connectivity index (χ1v) is 8.96. The molecule has 4 aromatic rings. The van der Waals surface area contributed by atoms with Crippen LogP contribution in [0.4, 0.5) is 10.2 Å². The number of aryl methyl sites for hydroxylation is 1. The number of benzene rings is 2. The summed E-state index contributed by atoms with van der Waals surface area (Å²) in [6.45, 7) is 2.48. The molecule has 2 aromatic heterocycles. The second kappa shape index (κ2) is 7.64. The number of hydrogen-bond acceptors (Lipinski definition) is 5. The number of anilines is 1. The highest BCUT2D eigenvalue weighted by atomic mass is 19.1. The van der Waals surface area contributed by atoms with Crippen molar-refractivity contribution in [1.29, 1.82) is 0 Å². The van der Waals surface area contributed by atoms with E-state index in [-0.39, 0.29) is 5.82 Å². The van der Waals surface area contributed by atoms with Gasteiger partial charge in [-0.3, -0.25) is 0 Å². The molecule has 6 nitrogen and oxygen atoms in total. The summed E-state index contributed by atoms with van der Waals surface area (Å²) in [5, 5.41) is 7.95. The van der Waals surface area contributed by atoms with Gasteiger partial charge in [0.05, 0.1) is 7.11 Å². The maximum Gasteiger partial charge on any atom is 0.254 e. The smallest absolute Gasteiger partial charge is 0.254 e. The van der Waals surface area contributed by atoms with Gasteiger partial charge in [-0.2, -0.15) is 9.50 Å². The average molecular weight is 377 g/mol. The van der Waals surface area contributed by atoms with Crippen LogP contribution < -0.4 is 10.1 Å². The van der Waals surface area contributed by atoms with E-state index in [4.69, 9.17) is 4.74 Å². The molecule has 0 spiro atoms. The molecule has 142 valence electrons. The Labute approximate surface area is 162 Å². The molecule has 4 rings (SSSR count). The maximum absolute atomic E-state index is 13.4. The average Bonchev–Trinajstić information content (AvgIpc) is 3.08. The number of methoxy groups -OCH3 is 1. The predicted molar refractivity (Wildman–Crippen MR) is 105 cm³/mol. The van der Waals surface area contributed by atoms with Crippen LogP contribution in [0.3, 0.4) is 0 Å². The Bertz CT molecular complexity index is 1120. The Hall–Kier alpha value is -3.48. The summed E-state index contributed by atoms with van der Waals surface area (Å²) < 4.78 is 20.5. The SMILES string of the molecule is COc1ccccc1CNc1cc(C)nc2nc(Cc3cccc(F)c3)nn12. The number of fused-ring (bicyclic) bond motifs is 1. The Morgan fingerprint density at radius 1 is 1.07 bits per heavy atom. The largest absolute Gasteiger partial charge is 0.496 e. The van der Waals surface area contributed by atoms with Crippen molar-refractivity contribution in [3.05, 3.63) is 83.1 Å². The first-order chi connectivity index (χ1) is 13.6. The van der Waals surface area contributed by atoms with Gasteiger partial charge in [0, 0.05) is 30.3 Å². The van der Waals surface area contributed by atoms with Gasteiger partial charge in [-0.15, -0.1) is 5.10 Å². The van der Waals surface area contributed by atoms with Crippen molar-refractivity contribution in [3.63, 3.8) is 0 Å². The molecule has 0 saturated heterocycles. The molecule has 2 aromatic carbocycles. The van der Waals surface area contributed by atoms with Crippen molar-refractivity contribution in [3.8, 4) is 5.75 Å². The van der Waals surface area contributed by atoms with Gasteiger partial charge in [0.25, 0.3) is 5.78 Å². The highest BCUT2D eigenvalue weighted by molar-refractivity contribution is 5.47. The molecule has 0 radical (unpaired) electrons. The van der Waals surface area contributed by atoms with Gasteiger partial charge in [-0.1, -0.05) is 30.3 Å². The molecule has 0 aliphatic heterocycles. The standard InChI is InChI=1S/C21H20FN5O/c1-14-10-20(23-13-16-7-3-4-9-18(16)28-2)27-21(24-14)25-19(26-27)12-15-6-5-8-17(22)11-15/h3-11,23H,12-13H2,1-2H3. The zero-order valence-corrected chi connectivity index (χ0v) is 15.7. The number of ether oxygens (including phenoxy) is 1. The molecule has 0 unspecified atom stereocenters. The summed E-state index contributed by atoms with van der Waals surface area (Å²) in [6, 6.07) is 16.2. The Morgan fingerprint density at radius 3 is 2.75 bits per heavy atom. The van der Waals surface area contributed by atoms with E-state index in [1.54, 1.807) is 17.7 Å². The Balaban J connectivity index is 1.62. The van der Waals surface area contributed by atoms with Crippen LogP contribution in [0, 0.1) is 12.7 Å². The normalized spacial score (nSPS) is 11.0. The van der Waals surface area contributed by atoms with Gasteiger partial charge in [-0.05, 0) is 30.7 Å². The van der Waals surface area contributed by atoms with Gasteiger partial charge in [0.1, 0.15) is 17.4 Å². The van der Waals surface area contributed by atoms with Crippen LogP contribution in [-0.4, -0.2) is 26.7 Å². The monoisotopic (exact) mass is 377 g/mol. The van der Waals surface area contributed by atoms with Crippen molar-refractivity contribution >= 4 is 11.6 Å². The number of nitrogens with one attached hydrogen (secondary N) is 1. The molecule has 0 atom stereocenters. The third-order valence-corrected chi connectivity index (χ3v) is 4.39. The summed E-state index contributed by atoms with van der Waals surface area (Å²) >= 11 is 0. The highest BCUT2D eigenvalue weighted by Crippen LogP contribution is 2.20. The van der Waals surface area contributed by atoms with Crippen LogP contribution in [0.2, 0.25) is 0 Å². The molecule has 1 N–H and O–H groups in total. The van der Waals surface area contributed by atoms with Gasteiger partial charge in [0.15, 0.2) is 5.82 Å². The van der Waals surface area contributed by atoms with Crippen LogP contribution in [0.1, 0.15) is 22.6 Å². The number of aromatic nitrogens is 4. The van der Waals surface area contributed by atoms with E-state index < -0.39 is 0 Å². The number of hydrogen-bond donors (Lipinski definition) is 1. The van der Waals surface area contributed by atoms with Gasteiger partial charge < -0.3 is 10.1 Å². The predicted octanol–water partition coefficient (Wildman–Crippen LogP) is 3.78. The molecule has 28 heavy (non-hydrogen) atoms. The quantitative estimate of drug-likeness (QED) is 0.554. The third-order valence-electron chi connectivity index (χ3n) is 4.39. The van der Waals surface area contributed by atoms with Crippen LogP contribution >= 0.6 is 0 Å². The minimum Gasteiger partial charge on any atom is -0.496 e. The number of rotatable bonds is 6. The second-order valence-electron chi connectivity index (χ2n) is 6.49. The summed E-state index contributed by atoms with van der Waals surface area (Å²) in [5.74, 6) is 2.43. The van der Waals surface area contributed by atoms with Gasteiger partial charge in [-0.25, -0.2) is 9.37 Å². The lowest BCUT2D eigenvalue weighted by atomic mass is 10.1. The topological polar surface area (TPSA) is 64.3 Å². The first kappa shape index (κ1) is 17.9. The molecule has 0 bridgehead atoms. The zero-order chi connectivity index (χ0) is 19.5. The van der Waals surface area contributed by atoms with E-state index in [9.17, 15) is 4.39 Å². The van der Waals surface area contributed by atoms with Gasteiger partial charge in [0.2, 0.25) is 0 Å². The lowest BCUT2D eigenvalue weighted by molar-refractivity contribution is 0.410. The second-order valence-corrected chi connectivity index (χ2v) is 6.49. The van der Waals surface area contributed by atoms with Crippen LogP contribution in [-0.2, 0) is 13.0 Å². The lowest BCUT2D eigenvalue weighted by Crippen LogP contribution is -2.08. The number of para-hydroxylation sites is 1. The summed E-state index contributed by atoms with van der Waals surface area (Å²) in [6.07, 6.45) is 0.437. The van der Waals surface area contributed by atoms with Crippen LogP contribution in [0.25, 0.3) is 5.78 Å². The number of nitrogens with zero attached hydrogens (tertiary/aromatic N) is 4. The summed E-state index contributed by atoms with van der Waals surface area (Å²) in [4.78, 5) is 8.96. The fourth-order valence-corrected chi connectivity index (χ4v) is 3.09. The zero-order valence-electron chi connectivity index (χ0n) is 15.7. The molecule has 7 heteroatoms. The minimum absolute atomic E-state index is 0.269. The molecule has 0 amide bonds. The van der Waals surface area contributed by atoms with E-state index in [1.165, 1.54) is 12.1 Å². The summed E-state index contributed by atoms with van der Waals surface area (Å²) in [5.41, 5.74) is 2.68. The van der Waals surface area contributed by atoms with E-state index in [0.29, 0.717) is 24.6 Å². The van der Waals surface area contributed by atoms with Crippen molar-refractivity contribution in [2.24, 2.45) is 0 Å². The third kappa shape index (κ3) is 3.78. The van der Waals surface area contributed by atoms with E-state index in [1.807, 2.05) is 43.3 Å². The Morgan fingerprint density at radius 2 is 1.93 bits per heavy atom.